The highest BCUT2D eigenvalue weighted by Crippen LogP contribution is 2.18. The molecule has 2 amide bonds. The summed E-state index contributed by atoms with van der Waals surface area (Å²) < 4.78 is 0. The van der Waals surface area contributed by atoms with Gasteiger partial charge in [-0.2, -0.15) is 0 Å². The molecule has 1 atom stereocenters. The fourth-order valence-corrected chi connectivity index (χ4v) is 2.39. The summed E-state index contributed by atoms with van der Waals surface area (Å²) in [5, 5.41) is 5.64. The van der Waals surface area contributed by atoms with Crippen molar-refractivity contribution >= 4 is 29.3 Å². The van der Waals surface area contributed by atoms with E-state index in [1.807, 2.05) is 44.4 Å². The predicted molar refractivity (Wildman–Crippen MR) is 86.8 cm³/mol. The van der Waals surface area contributed by atoms with Crippen LogP contribution in [0.1, 0.15) is 13.8 Å². The Morgan fingerprint density at radius 2 is 1.90 bits per heavy atom. The zero-order valence-electron chi connectivity index (χ0n) is 12.9. The molecule has 21 heavy (non-hydrogen) atoms. The van der Waals surface area contributed by atoms with Crippen LogP contribution in [0.4, 0.5) is 5.69 Å². The molecule has 1 unspecified atom stereocenters. The largest absolute Gasteiger partial charge is 0.351 e. The number of rotatable bonds is 8. The molecule has 0 saturated heterocycles. The molecule has 3 N–H and O–H groups in total. The highest BCUT2D eigenvalue weighted by molar-refractivity contribution is 7.98. The second-order valence-corrected chi connectivity index (χ2v) is 5.57. The summed E-state index contributed by atoms with van der Waals surface area (Å²) in [5.41, 5.74) is 0.792. The molecule has 0 bridgehead atoms. The molecule has 0 aromatic heterocycles. The van der Waals surface area contributed by atoms with Crippen LogP contribution in [-0.4, -0.2) is 44.2 Å². The minimum Gasteiger partial charge on any atom is -0.351 e. The van der Waals surface area contributed by atoms with Crippen molar-refractivity contribution in [2.24, 2.45) is 0 Å². The first kappa shape index (κ1) is 17.5. The molecule has 0 aliphatic carbocycles. The quantitative estimate of drug-likeness (QED) is 0.609. The Morgan fingerprint density at radius 1 is 1.19 bits per heavy atom. The van der Waals surface area contributed by atoms with Crippen molar-refractivity contribution in [3.8, 4) is 0 Å². The van der Waals surface area contributed by atoms with Gasteiger partial charge in [-0.25, -0.2) is 0 Å². The first-order valence-electron chi connectivity index (χ1n) is 7.13. The fraction of sp³-hybridized carbons (Fsp3) is 0.467. The number of benzene rings is 1. The number of carbonyl (C=O) groups is 2. The van der Waals surface area contributed by atoms with E-state index in [2.05, 4.69) is 10.6 Å². The van der Waals surface area contributed by atoms with Crippen molar-refractivity contribution in [3.05, 3.63) is 24.3 Å². The molecular formula is C15H24N3O2S+. The van der Waals surface area contributed by atoms with Gasteiger partial charge in [-0.15, -0.1) is 11.8 Å². The molecule has 116 valence electrons. The highest BCUT2D eigenvalue weighted by atomic mass is 32.2. The monoisotopic (exact) mass is 310 g/mol. The molecule has 0 saturated carbocycles. The zero-order valence-corrected chi connectivity index (χ0v) is 13.7. The van der Waals surface area contributed by atoms with Crippen molar-refractivity contribution in [1.29, 1.82) is 0 Å². The smallest absolute Gasteiger partial charge is 0.279 e. The van der Waals surface area contributed by atoms with Crippen molar-refractivity contribution in [2.75, 3.05) is 37.8 Å². The van der Waals surface area contributed by atoms with Crippen LogP contribution in [0.5, 0.6) is 0 Å². The Morgan fingerprint density at radius 3 is 2.52 bits per heavy atom. The van der Waals surface area contributed by atoms with E-state index in [-0.39, 0.29) is 18.4 Å². The molecule has 0 spiro atoms. The standard InChI is InChI=1S/C15H23N3O2S/c1-4-16-14(19)10-18(5-2)11-15(20)17-12-7-6-8-13(9-12)21-3/h6-9H,4-5,10-11H2,1-3H3,(H,16,19)(H,17,20)/p+1. The van der Waals surface area contributed by atoms with E-state index >= 15 is 0 Å². The van der Waals surface area contributed by atoms with Crippen molar-refractivity contribution in [3.63, 3.8) is 0 Å². The third-order valence-electron chi connectivity index (χ3n) is 3.05. The molecule has 1 aromatic rings. The molecule has 1 aromatic carbocycles. The Hall–Kier alpha value is -1.53. The van der Waals surface area contributed by atoms with E-state index < -0.39 is 0 Å². The van der Waals surface area contributed by atoms with Crippen molar-refractivity contribution in [2.45, 2.75) is 18.7 Å². The molecule has 0 aliphatic rings. The van der Waals surface area contributed by atoms with Crippen LogP contribution in [0.15, 0.2) is 29.2 Å². The zero-order chi connectivity index (χ0) is 15.7. The minimum atomic E-state index is -0.0746. The topological polar surface area (TPSA) is 62.6 Å². The van der Waals surface area contributed by atoms with Crippen LogP contribution >= 0.6 is 11.8 Å². The summed E-state index contributed by atoms with van der Waals surface area (Å²) in [7, 11) is 0. The van der Waals surface area contributed by atoms with Gasteiger partial charge >= 0.3 is 0 Å². The lowest BCUT2D eigenvalue weighted by Gasteiger charge is -2.16. The molecule has 5 nitrogen and oxygen atoms in total. The number of thioether (sulfide) groups is 1. The summed E-state index contributed by atoms with van der Waals surface area (Å²) in [6.07, 6.45) is 2.00. The Kier molecular flexibility index (Phi) is 7.85. The second kappa shape index (κ2) is 9.41. The van der Waals surface area contributed by atoms with Crippen LogP contribution in [0, 0.1) is 0 Å². The van der Waals surface area contributed by atoms with Crippen molar-refractivity contribution in [1.82, 2.24) is 5.32 Å². The van der Waals surface area contributed by atoms with Crippen LogP contribution < -0.4 is 15.5 Å². The van der Waals surface area contributed by atoms with E-state index in [1.165, 1.54) is 0 Å². The number of carbonyl (C=O) groups excluding carboxylic acids is 2. The van der Waals surface area contributed by atoms with Gasteiger partial charge in [-0.3, -0.25) is 9.59 Å². The van der Waals surface area contributed by atoms with Crippen molar-refractivity contribution < 1.29 is 14.5 Å². The van der Waals surface area contributed by atoms with Gasteiger partial charge in [-0.05, 0) is 38.3 Å². The number of anilines is 1. The average molecular weight is 310 g/mol. The molecular weight excluding hydrogens is 286 g/mol. The predicted octanol–water partition coefficient (Wildman–Crippen LogP) is 0.388. The van der Waals surface area contributed by atoms with Gasteiger partial charge in [0.15, 0.2) is 13.1 Å². The van der Waals surface area contributed by atoms with Gasteiger partial charge in [0, 0.05) is 17.1 Å². The maximum absolute atomic E-state index is 12.1. The average Bonchev–Trinajstić information content (AvgIpc) is 2.46. The van der Waals surface area contributed by atoms with Gasteiger partial charge in [0.05, 0.1) is 6.54 Å². The third-order valence-corrected chi connectivity index (χ3v) is 3.77. The summed E-state index contributed by atoms with van der Waals surface area (Å²) >= 11 is 1.63. The van der Waals surface area contributed by atoms with E-state index in [0.717, 1.165) is 22.0 Å². The molecule has 1 rings (SSSR count). The van der Waals surface area contributed by atoms with Gasteiger partial charge < -0.3 is 15.5 Å². The van der Waals surface area contributed by atoms with E-state index in [1.54, 1.807) is 11.8 Å². The molecule has 0 fully saturated rings. The van der Waals surface area contributed by atoms with Gasteiger partial charge in [0.2, 0.25) is 0 Å². The summed E-state index contributed by atoms with van der Waals surface area (Å²) in [5.74, 6) is -0.0964. The molecule has 0 heterocycles. The maximum Gasteiger partial charge on any atom is 0.279 e. The van der Waals surface area contributed by atoms with E-state index in [4.69, 9.17) is 0 Å². The fourth-order valence-electron chi connectivity index (χ4n) is 1.93. The maximum atomic E-state index is 12.1. The summed E-state index contributed by atoms with van der Waals surface area (Å²) in [6.45, 7) is 5.81. The summed E-state index contributed by atoms with van der Waals surface area (Å²) in [4.78, 5) is 25.7. The Bertz CT molecular complexity index is 480. The van der Waals surface area contributed by atoms with E-state index in [9.17, 15) is 9.59 Å². The summed E-state index contributed by atoms with van der Waals surface area (Å²) in [6, 6.07) is 7.73. The van der Waals surface area contributed by atoms with Gasteiger partial charge in [0.25, 0.3) is 11.8 Å². The lowest BCUT2D eigenvalue weighted by molar-refractivity contribution is -0.881. The van der Waals surface area contributed by atoms with Gasteiger partial charge in [0.1, 0.15) is 0 Å². The van der Waals surface area contributed by atoms with Crippen LogP contribution in [0.2, 0.25) is 0 Å². The lowest BCUT2D eigenvalue weighted by Crippen LogP contribution is -3.14. The number of hydrogen-bond acceptors (Lipinski definition) is 3. The first-order valence-corrected chi connectivity index (χ1v) is 8.35. The molecule has 0 aliphatic heterocycles. The Labute approximate surface area is 130 Å². The number of amides is 2. The van der Waals surface area contributed by atoms with Crippen LogP contribution in [-0.2, 0) is 9.59 Å². The normalized spacial score (nSPS) is 11.8. The first-order chi connectivity index (χ1) is 10.1. The molecule has 0 radical (unpaired) electrons. The third kappa shape index (κ3) is 6.64. The van der Waals surface area contributed by atoms with Crippen LogP contribution in [0.25, 0.3) is 0 Å². The van der Waals surface area contributed by atoms with Gasteiger partial charge in [-0.1, -0.05) is 6.07 Å². The Balaban J connectivity index is 2.52. The minimum absolute atomic E-state index is 0.0217. The SMILES string of the molecule is CCNC(=O)C[NH+](CC)CC(=O)Nc1cccc(SC)c1. The number of quaternary nitrogens is 1. The highest BCUT2D eigenvalue weighted by Gasteiger charge is 2.16. The second-order valence-electron chi connectivity index (χ2n) is 4.69. The number of likely N-dealkylation sites (N-methyl/N-ethyl adjacent to an activating group) is 2. The lowest BCUT2D eigenvalue weighted by atomic mass is 10.3. The number of nitrogens with one attached hydrogen (secondary N) is 3. The number of hydrogen-bond donors (Lipinski definition) is 3. The van der Waals surface area contributed by atoms with Crippen LogP contribution in [0.3, 0.4) is 0 Å². The van der Waals surface area contributed by atoms with E-state index in [0.29, 0.717) is 13.1 Å². The molecule has 6 heteroatoms.